The van der Waals surface area contributed by atoms with Gasteiger partial charge in [-0.2, -0.15) is 4.98 Å². The Bertz CT molecular complexity index is 1560. The van der Waals surface area contributed by atoms with Gasteiger partial charge in [0.2, 0.25) is 17.8 Å². The minimum Gasteiger partial charge on any atom is -0.478 e. The molecule has 204 valence electrons. The summed E-state index contributed by atoms with van der Waals surface area (Å²) < 4.78 is 0.946. The van der Waals surface area contributed by atoms with E-state index in [1.165, 1.54) is 12.1 Å². The fourth-order valence-electron chi connectivity index (χ4n) is 3.82. The number of carboxylic acids is 1. The summed E-state index contributed by atoms with van der Waals surface area (Å²) in [6.07, 6.45) is 1.09. The average Bonchev–Trinajstić information content (AvgIpc) is 3.29. The Hall–Kier alpha value is -5.49. The first-order chi connectivity index (χ1) is 19.1. The number of benzene rings is 3. The molecule has 0 aliphatic carbocycles. The minimum atomic E-state index is -1.14. The Morgan fingerprint density at radius 3 is 2.25 bits per heavy atom. The Morgan fingerprint density at radius 2 is 1.62 bits per heavy atom. The van der Waals surface area contributed by atoms with Crippen LogP contribution in [0, 0.1) is 0 Å². The number of carboxylic acid groups (broad SMARTS) is 1. The molecule has 0 atom stereocenters. The Kier molecular flexibility index (Phi) is 8.21. The van der Waals surface area contributed by atoms with E-state index in [1.54, 1.807) is 30.3 Å². The van der Waals surface area contributed by atoms with Crippen molar-refractivity contribution in [3.05, 3.63) is 90.5 Å². The van der Waals surface area contributed by atoms with E-state index in [0.29, 0.717) is 22.5 Å². The van der Waals surface area contributed by atoms with Gasteiger partial charge in [-0.25, -0.2) is 9.59 Å². The zero-order valence-electron chi connectivity index (χ0n) is 21.9. The third-order valence-electron chi connectivity index (χ3n) is 5.64. The topological polar surface area (TPSA) is 168 Å². The number of anilines is 5. The van der Waals surface area contributed by atoms with Gasteiger partial charge in [0.25, 0.3) is 0 Å². The molecule has 6 N–H and O–H groups in total. The van der Waals surface area contributed by atoms with Crippen LogP contribution in [0.25, 0.3) is 11.1 Å². The van der Waals surface area contributed by atoms with Crippen LogP contribution in [0.4, 0.5) is 33.8 Å². The number of nitrogens with one attached hydrogen (secondary N) is 3. The van der Waals surface area contributed by atoms with Gasteiger partial charge < -0.3 is 31.7 Å². The van der Waals surface area contributed by atoms with E-state index in [9.17, 15) is 19.5 Å². The summed E-state index contributed by atoms with van der Waals surface area (Å²) >= 11 is 0. The summed E-state index contributed by atoms with van der Waals surface area (Å²) in [7, 11) is 3.99. The van der Waals surface area contributed by atoms with Gasteiger partial charge in [0.1, 0.15) is 0 Å². The summed E-state index contributed by atoms with van der Waals surface area (Å²) in [4.78, 5) is 42.3. The number of nitrogens with two attached hydrogens (primary N) is 1. The van der Waals surface area contributed by atoms with Crippen LogP contribution in [0.3, 0.4) is 0 Å². The standard InChI is InChI=1S/C28H28N8O4/c1-4-24(37)30-23-14-19(13-20(15-23)25(38)39)18-7-11-22(12-8-18)32-28(40)36-26(29)33-27(34-36)31-21-9-5-17(6-10-21)16-35(2)3/h4-15H,1,16H2,2-3H3,(H,30,37)(H,32,40)(H,38,39)(H3,29,31,33,34). The van der Waals surface area contributed by atoms with Crippen LogP contribution < -0.4 is 21.7 Å². The second kappa shape index (κ2) is 11.9. The number of nitrogens with zero attached hydrogens (tertiary/aromatic N) is 4. The highest BCUT2D eigenvalue weighted by Crippen LogP contribution is 2.27. The molecule has 0 unspecified atom stereocenters. The number of aromatic carboxylic acids is 1. The zero-order valence-corrected chi connectivity index (χ0v) is 21.9. The summed E-state index contributed by atoms with van der Waals surface area (Å²) in [5.41, 5.74) is 9.81. The van der Waals surface area contributed by atoms with E-state index in [-0.39, 0.29) is 17.5 Å². The third-order valence-corrected chi connectivity index (χ3v) is 5.64. The van der Waals surface area contributed by atoms with E-state index in [4.69, 9.17) is 5.73 Å². The number of amides is 2. The normalized spacial score (nSPS) is 10.7. The maximum absolute atomic E-state index is 12.8. The molecule has 0 aliphatic rings. The smallest absolute Gasteiger partial charge is 0.349 e. The lowest BCUT2D eigenvalue weighted by Gasteiger charge is -2.10. The number of aromatic nitrogens is 3. The largest absolute Gasteiger partial charge is 0.478 e. The molecule has 2 amide bonds. The number of nitrogen functional groups attached to an aromatic ring is 1. The highest BCUT2D eigenvalue weighted by atomic mass is 16.4. The van der Waals surface area contributed by atoms with E-state index in [2.05, 4.69) is 37.5 Å². The molecule has 4 rings (SSSR count). The lowest BCUT2D eigenvalue weighted by Crippen LogP contribution is -2.22. The molecular formula is C28H28N8O4. The van der Waals surface area contributed by atoms with Gasteiger partial charge in [0.05, 0.1) is 5.56 Å². The monoisotopic (exact) mass is 540 g/mol. The van der Waals surface area contributed by atoms with Crippen molar-refractivity contribution in [3.63, 3.8) is 0 Å². The van der Waals surface area contributed by atoms with Crippen LogP contribution in [0.1, 0.15) is 15.9 Å². The number of rotatable bonds is 9. The summed E-state index contributed by atoms with van der Waals surface area (Å²) in [5, 5.41) is 21.9. The van der Waals surface area contributed by atoms with Gasteiger partial charge in [-0.1, -0.05) is 30.8 Å². The van der Waals surface area contributed by atoms with Gasteiger partial charge >= 0.3 is 12.0 Å². The first-order valence-corrected chi connectivity index (χ1v) is 12.1. The summed E-state index contributed by atoms with van der Waals surface area (Å²) in [5.74, 6) is -1.53. The van der Waals surface area contributed by atoms with E-state index >= 15 is 0 Å². The maximum atomic E-state index is 12.8. The molecule has 12 heteroatoms. The predicted molar refractivity (Wildman–Crippen MR) is 154 cm³/mol. The SMILES string of the molecule is C=CC(=O)Nc1cc(C(=O)O)cc(-c2ccc(NC(=O)n3nc(Nc4ccc(CN(C)C)cc4)nc3N)cc2)c1. The number of carbonyl (C=O) groups is 3. The molecule has 0 spiro atoms. The number of carbonyl (C=O) groups excluding carboxylic acids is 2. The van der Waals surface area contributed by atoms with Crippen LogP contribution in [-0.4, -0.2) is 56.8 Å². The van der Waals surface area contributed by atoms with Gasteiger partial charge in [0.15, 0.2) is 0 Å². The van der Waals surface area contributed by atoms with Crippen LogP contribution >= 0.6 is 0 Å². The zero-order chi connectivity index (χ0) is 28.8. The molecule has 40 heavy (non-hydrogen) atoms. The summed E-state index contributed by atoms with van der Waals surface area (Å²) in [6.45, 7) is 4.21. The predicted octanol–water partition coefficient (Wildman–Crippen LogP) is 4.24. The van der Waals surface area contributed by atoms with Crippen molar-refractivity contribution in [3.8, 4) is 11.1 Å². The number of hydrogen-bond acceptors (Lipinski definition) is 8. The summed E-state index contributed by atoms with van der Waals surface area (Å²) in [6, 6.07) is 18.3. The van der Waals surface area contributed by atoms with Crippen LogP contribution in [0.15, 0.2) is 79.4 Å². The molecule has 3 aromatic carbocycles. The van der Waals surface area contributed by atoms with Crippen molar-refractivity contribution in [2.24, 2.45) is 0 Å². The Labute approximate surface area is 230 Å². The highest BCUT2D eigenvalue weighted by molar-refractivity contribution is 6.01. The van der Waals surface area contributed by atoms with Crippen molar-refractivity contribution in [1.82, 2.24) is 19.7 Å². The fraction of sp³-hybridized carbons (Fsp3) is 0.107. The number of hydrogen-bond donors (Lipinski definition) is 5. The second-order valence-electron chi connectivity index (χ2n) is 9.07. The van der Waals surface area contributed by atoms with Gasteiger partial charge in [-0.05, 0) is 79.3 Å². The lowest BCUT2D eigenvalue weighted by atomic mass is 10.0. The average molecular weight is 541 g/mol. The first-order valence-electron chi connectivity index (χ1n) is 12.1. The molecule has 4 aromatic rings. The van der Waals surface area contributed by atoms with Crippen molar-refractivity contribution in [1.29, 1.82) is 0 Å². The highest BCUT2D eigenvalue weighted by Gasteiger charge is 2.15. The van der Waals surface area contributed by atoms with Crippen LogP contribution in [0.5, 0.6) is 0 Å². The van der Waals surface area contributed by atoms with Crippen molar-refractivity contribution in [2.75, 3.05) is 35.8 Å². The Balaban J connectivity index is 1.46. The van der Waals surface area contributed by atoms with E-state index in [0.717, 1.165) is 28.6 Å². The molecule has 0 saturated heterocycles. The lowest BCUT2D eigenvalue weighted by molar-refractivity contribution is -0.111. The molecule has 0 aliphatic heterocycles. The molecule has 0 radical (unpaired) electrons. The van der Waals surface area contributed by atoms with Crippen molar-refractivity contribution < 1.29 is 19.5 Å². The molecular weight excluding hydrogens is 512 g/mol. The van der Waals surface area contributed by atoms with E-state index < -0.39 is 17.9 Å². The molecule has 0 bridgehead atoms. The van der Waals surface area contributed by atoms with Gasteiger partial charge in [0, 0.05) is 23.6 Å². The first kappa shape index (κ1) is 27.5. The van der Waals surface area contributed by atoms with E-state index in [1.807, 2.05) is 38.4 Å². The molecule has 1 heterocycles. The minimum absolute atomic E-state index is 0.00446. The molecule has 0 fully saturated rings. The molecule has 0 saturated carbocycles. The Morgan fingerprint density at radius 1 is 0.950 bits per heavy atom. The molecule has 12 nitrogen and oxygen atoms in total. The van der Waals surface area contributed by atoms with Crippen molar-refractivity contribution >= 4 is 46.9 Å². The van der Waals surface area contributed by atoms with Gasteiger partial charge in [-0.3, -0.25) is 4.79 Å². The fourth-order valence-corrected chi connectivity index (χ4v) is 3.82. The van der Waals surface area contributed by atoms with Crippen LogP contribution in [0.2, 0.25) is 0 Å². The van der Waals surface area contributed by atoms with Crippen LogP contribution in [-0.2, 0) is 11.3 Å². The quantitative estimate of drug-likeness (QED) is 0.195. The second-order valence-corrected chi connectivity index (χ2v) is 9.07. The molecule has 1 aromatic heterocycles. The van der Waals surface area contributed by atoms with Gasteiger partial charge in [-0.15, -0.1) is 9.78 Å². The van der Waals surface area contributed by atoms with Crippen molar-refractivity contribution in [2.45, 2.75) is 6.54 Å². The maximum Gasteiger partial charge on any atom is 0.349 e. The third kappa shape index (κ3) is 6.88.